The van der Waals surface area contributed by atoms with Gasteiger partial charge in [0, 0.05) is 5.56 Å². The van der Waals surface area contributed by atoms with Crippen molar-refractivity contribution in [3.63, 3.8) is 0 Å². The van der Waals surface area contributed by atoms with Crippen LogP contribution in [0.3, 0.4) is 0 Å². The molecule has 33 heavy (non-hydrogen) atoms. The number of amides is 1. The summed E-state index contributed by atoms with van der Waals surface area (Å²) < 4.78 is 21.9. The maximum atomic E-state index is 13.2. The molecule has 1 aromatic heterocycles. The van der Waals surface area contributed by atoms with Crippen LogP contribution in [-0.2, 0) is 16.1 Å². The number of fused-ring (bicyclic) bond motifs is 1. The molecule has 1 unspecified atom stereocenters. The first kappa shape index (κ1) is 20.7. The molecule has 1 N–H and O–H groups in total. The minimum Gasteiger partial charge on any atom is -0.507 e. The van der Waals surface area contributed by atoms with Gasteiger partial charge < -0.3 is 28.6 Å². The minimum atomic E-state index is -0.835. The number of methoxy groups -OCH3 is 1. The van der Waals surface area contributed by atoms with Crippen molar-refractivity contribution in [3.05, 3.63) is 83.3 Å². The van der Waals surface area contributed by atoms with E-state index in [4.69, 9.17) is 18.6 Å². The van der Waals surface area contributed by atoms with E-state index >= 15 is 0 Å². The second kappa shape index (κ2) is 8.38. The average Bonchev–Trinajstić information content (AvgIpc) is 3.45. The summed E-state index contributed by atoms with van der Waals surface area (Å²) in [4.78, 5) is 27.6. The summed E-state index contributed by atoms with van der Waals surface area (Å²) in [5.41, 5.74) is 0.957. The van der Waals surface area contributed by atoms with Gasteiger partial charge in [-0.2, -0.15) is 0 Å². The van der Waals surface area contributed by atoms with E-state index in [1.54, 1.807) is 54.6 Å². The van der Waals surface area contributed by atoms with Gasteiger partial charge in [0.15, 0.2) is 11.5 Å². The number of carbonyl (C=O) groups is 2. The van der Waals surface area contributed by atoms with Crippen LogP contribution in [0.2, 0.25) is 0 Å². The van der Waals surface area contributed by atoms with E-state index in [1.165, 1.54) is 18.3 Å². The van der Waals surface area contributed by atoms with Crippen molar-refractivity contribution in [1.29, 1.82) is 0 Å². The van der Waals surface area contributed by atoms with Gasteiger partial charge in [0.25, 0.3) is 11.7 Å². The highest BCUT2D eigenvalue weighted by Gasteiger charge is 2.46. The molecule has 2 aliphatic rings. The van der Waals surface area contributed by atoms with Crippen LogP contribution in [0.4, 0.5) is 0 Å². The molecule has 5 rings (SSSR count). The van der Waals surface area contributed by atoms with E-state index in [9.17, 15) is 14.7 Å². The van der Waals surface area contributed by atoms with Crippen LogP contribution in [0, 0.1) is 0 Å². The molecule has 0 spiro atoms. The van der Waals surface area contributed by atoms with Crippen LogP contribution in [0.5, 0.6) is 17.2 Å². The van der Waals surface area contributed by atoms with E-state index in [-0.39, 0.29) is 17.9 Å². The number of hydrogen-bond acceptors (Lipinski definition) is 7. The van der Waals surface area contributed by atoms with Gasteiger partial charge in [-0.1, -0.05) is 12.1 Å². The molecule has 0 saturated carbocycles. The van der Waals surface area contributed by atoms with Gasteiger partial charge in [-0.05, 0) is 48.0 Å². The summed E-state index contributed by atoms with van der Waals surface area (Å²) in [5.74, 6) is 0.313. The fourth-order valence-electron chi connectivity index (χ4n) is 4.12. The van der Waals surface area contributed by atoms with Crippen LogP contribution >= 0.6 is 0 Å². The molecule has 1 amide bonds. The number of aliphatic hydroxyl groups excluding tert-OH is 1. The number of Topliss-reactive ketones (excluding diaryl/α,β-unsaturated/α-hetero) is 1. The molecule has 2 aliphatic heterocycles. The van der Waals surface area contributed by atoms with E-state index in [2.05, 4.69) is 0 Å². The highest BCUT2D eigenvalue weighted by atomic mass is 16.6. The van der Waals surface area contributed by atoms with Crippen molar-refractivity contribution < 1.29 is 33.3 Å². The normalized spacial score (nSPS) is 19.1. The van der Waals surface area contributed by atoms with Crippen molar-refractivity contribution in [2.75, 3.05) is 20.3 Å². The molecule has 1 fully saturated rings. The van der Waals surface area contributed by atoms with Crippen LogP contribution in [0.15, 0.2) is 70.9 Å². The largest absolute Gasteiger partial charge is 0.507 e. The molecule has 8 nitrogen and oxygen atoms in total. The number of likely N-dealkylation sites (tertiary alicyclic amines) is 1. The Morgan fingerprint density at radius 2 is 1.88 bits per heavy atom. The van der Waals surface area contributed by atoms with E-state index in [0.29, 0.717) is 47.3 Å². The van der Waals surface area contributed by atoms with Gasteiger partial charge in [0.1, 0.15) is 30.5 Å². The predicted molar refractivity (Wildman–Crippen MR) is 117 cm³/mol. The first-order chi connectivity index (χ1) is 16.1. The number of nitrogens with zero attached hydrogens (tertiary/aromatic N) is 1. The van der Waals surface area contributed by atoms with E-state index in [1.807, 2.05) is 0 Å². The lowest BCUT2D eigenvalue weighted by atomic mass is 9.95. The van der Waals surface area contributed by atoms with Crippen LogP contribution in [0.25, 0.3) is 5.76 Å². The number of ketones is 1. The zero-order chi connectivity index (χ0) is 22.9. The number of carbonyl (C=O) groups excluding carboxylic acids is 2. The van der Waals surface area contributed by atoms with Gasteiger partial charge in [0.2, 0.25) is 0 Å². The molecule has 2 aromatic carbocycles. The third-order valence-electron chi connectivity index (χ3n) is 5.67. The number of rotatable bonds is 5. The van der Waals surface area contributed by atoms with Gasteiger partial charge in [0.05, 0.1) is 31.5 Å². The van der Waals surface area contributed by atoms with Crippen molar-refractivity contribution in [3.8, 4) is 17.2 Å². The summed E-state index contributed by atoms with van der Waals surface area (Å²) in [6, 6.07) is 14.6. The number of ether oxygens (including phenoxy) is 3. The van der Waals surface area contributed by atoms with Crippen LogP contribution in [-0.4, -0.2) is 42.0 Å². The Hall–Kier alpha value is -4.20. The van der Waals surface area contributed by atoms with E-state index < -0.39 is 17.7 Å². The Bertz CT molecular complexity index is 1250. The molecule has 1 saturated heterocycles. The minimum absolute atomic E-state index is 0.0171. The van der Waals surface area contributed by atoms with Crippen molar-refractivity contribution in [2.24, 2.45) is 0 Å². The molecule has 0 bridgehead atoms. The number of benzene rings is 2. The van der Waals surface area contributed by atoms with Gasteiger partial charge >= 0.3 is 0 Å². The Morgan fingerprint density at radius 1 is 1.06 bits per heavy atom. The second-order valence-electron chi connectivity index (χ2n) is 7.64. The topological polar surface area (TPSA) is 98.4 Å². The third-order valence-corrected chi connectivity index (χ3v) is 5.67. The monoisotopic (exact) mass is 447 g/mol. The number of hydrogen-bond donors (Lipinski definition) is 1. The fourth-order valence-corrected chi connectivity index (χ4v) is 4.12. The molecule has 3 aromatic rings. The van der Waals surface area contributed by atoms with Gasteiger partial charge in [-0.15, -0.1) is 0 Å². The second-order valence-corrected chi connectivity index (χ2v) is 7.64. The summed E-state index contributed by atoms with van der Waals surface area (Å²) in [6.45, 7) is 0.887. The van der Waals surface area contributed by atoms with Crippen molar-refractivity contribution in [1.82, 2.24) is 4.90 Å². The maximum absolute atomic E-state index is 13.2. The molecular formula is C25H21NO7. The predicted octanol–water partition coefficient (Wildman–Crippen LogP) is 3.68. The molecule has 168 valence electrons. The van der Waals surface area contributed by atoms with Crippen LogP contribution < -0.4 is 14.2 Å². The number of furan rings is 1. The highest BCUT2D eigenvalue weighted by Crippen LogP contribution is 2.42. The number of aliphatic hydroxyl groups is 1. The summed E-state index contributed by atoms with van der Waals surface area (Å²) in [5, 5.41) is 11.2. The lowest BCUT2D eigenvalue weighted by Crippen LogP contribution is -2.29. The zero-order valence-electron chi connectivity index (χ0n) is 17.8. The van der Waals surface area contributed by atoms with Gasteiger partial charge in [-0.25, -0.2) is 0 Å². The third kappa shape index (κ3) is 3.69. The summed E-state index contributed by atoms with van der Waals surface area (Å²) in [6.07, 6.45) is 1.50. The Kier molecular flexibility index (Phi) is 5.26. The Labute approximate surface area is 189 Å². The lowest BCUT2D eigenvalue weighted by molar-refractivity contribution is -0.140. The Balaban J connectivity index is 1.64. The summed E-state index contributed by atoms with van der Waals surface area (Å²) in [7, 11) is 1.54. The van der Waals surface area contributed by atoms with Gasteiger partial charge in [-0.3, -0.25) is 9.59 Å². The lowest BCUT2D eigenvalue weighted by Gasteiger charge is -2.25. The molecule has 8 heteroatoms. The molecular weight excluding hydrogens is 426 g/mol. The standard InChI is InChI=1S/C25H21NO7/c1-30-17-5-2-4-15(12-17)22-21(24(28)25(29)26(22)14-18-6-3-9-31-18)23(27)16-7-8-19-20(13-16)33-11-10-32-19/h2-9,12-13,22,27H,10-11,14H2,1H3/b23-21+. The smallest absolute Gasteiger partial charge is 0.296 e. The molecule has 0 radical (unpaired) electrons. The molecule has 0 aliphatic carbocycles. The van der Waals surface area contributed by atoms with Crippen molar-refractivity contribution in [2.45, 2.75) is 12.6 Å². The average molecular weight is 447 g/mol. The SMILES string of the molecule is COc1cccc(C2/C(=C(\O)c3ccc4c(c3)OCCO4)C(=O)C(=O)N2Cc2ccco2)c1. The van der Waals surface area contributed by atoms with E-state index in [0.717, 1.165) is 0 Å². The fraction of sp³-hybridized carbons (Fsp3) is 0.200. The first-order valence-corrected chi connectivity index (χ1v) is 10.4. The molecule has 3 heterocycles. The van der Waals surface area contributed by atoms with Crippen molar-refractivity contribution >= 4 is 17.4 Å². The summed E-state index contributed by atoms with van der Waals surface area (Å²) >= 11 is 0. The first-order valence-electron chi connectivity index (χ1n) is 10.4. The Morgan fingerprint density at radius 3 is 2.64 bits per heavy atom. The van der Waals surface area contributed by atoms with Crippen LogP contribution in [0.1, 0.15) is 22.9 Å². The zero-order valence-corrected chi connectivity index (χ0v) is 17.8. The molecule has 1 atom stereocenters. The quantitative estimate of drug-likeness (QED) is 0.362. The maximum Gasteiger partial charge on any atom is 0.296 e. The highest BCUT2D eigenvalue weighted by molar-refractivity contribution is 6.46.